The van der Waals surface area contributed by atoms with Gasteiger partial charge in [-0.2, -0.15) is 0 Å². The SMILES string of the molecule is Cc1cccc(C)c1NC(=O)CNC(=O)C1(N)CCCC1. The minimum absolute atomic E-state index is 0.0500. The summed E-state index contributed by atoms with van der Waals surface area (Å²) in [6, 6.07) is 5.82. The highest BCUT2D eigenvalue weighted by atomic mass is 16.2. The first-order valence-corrected chi connectivity index (χ1v) is 7.36. The molecule has 0 atom stereocenters. The van der Waals surface area contributed by atoms with E-state index in [1.165, 1.54) is 0 Å². The Morgan fingerprint density at radius 3 is 2.33 bits per heavy atom. The molecule has 2 rings (SSSR count). The lowest BCUT2D eigenvalue weighted by molar-refractivity contribution is -0.128. The van der Waals surface area contributed by atoms with Gasteiger partial charge in [-0.1, -0.05) is 31.0 Å². The maximum absolute atomic E-state index is 12.0. The van der Waals surface area contributed by atoms with Crippen LogP contribution in [0.1, 0.15) is 36.8 Å². The Labute approximate surface area is 125 Å². The molecule has 5 heteroatoms. The zero-order chi connectivity index (χ0) is 15.5. The molecule has 4 N–H and O–H groups in total. The Kier molecular flexibility index (Phi) is 4.63. The number of amides is 2. The smallest absolute Gasteiger partial charge is 0.243 e. The van der Waals surface area contributed by atoms with E-state index in [0.717, 1.165) is 29.7 Å². The lowest BCUT2D eigenvalue weighted by Crippen LogP contribution is -2.53. The van der Waals surface area contributed by atoms with Crippen molar-refractivity contribution in [3.63, 3.8) is 0 Å². The van der Waals surface area contributed by atoms with Crippen LogP contribution in [0.15, 0.2) is 18.2 Å². The summed E-state index contributed by atoms with van der Waals surface area (Å²) in [5.74, 6) is -0.459. The van der Waals surface area contributed by atoms with E-state index in [-0.39, 0.29) is 18.4 Å². The van der Waals surface area contributed by atoms with Gasteiger partial charge in [0.15, 0.2) is 0 Å². The molecular formula is C16H23N3O2. The fourth-order valence-electron chi connectivity index (χ4n) is 2.76. The Morgan fingerprint density at radius 1 is 1.19 bits per heavy atom. The largest absolute Gasteiger partial charge is 0.345 e. The van der Waals surface area contributed by atoms with Crippen LogP contribution in [0.2, 0.25) is 0 Å². The fourth-order valence-corrected chi connectivity index (χ4v) is 2.76. The van der Waals surface area contributed by atoms with Crippen molar-refractivity contribution in [2.24, 2.45) is 5.73 Å². The van der Waals surface area contributed by atoms with Gasteiger partial charge in [0.1, 0.15) is 0 Å². The van der Waals surface area contributed by atoms with E-state index >= 15 is 0 Å². The van der Waals surface area contributed by atoms with Crippen LogP contribution in [0.25, 0.3) is 0 Å². The monoisotopic (exact) mass is 289 g/mol. The summed E-state index contributed by atoms with van der Waals surface area (Å²) in [6.07, 6.45) is 3.33. The summed E-state index contributed by atoms with van der Waals surface area (Å²) in [5, 5.41) is 5.49. The zero-order valence-electron chi connectivity index (χ0n) is 12.7. The second kappa shape index (κ2) is 6.26. The number of nitrogens with two attached hydrogens (primary N) is 1. The standard InChI is InChI=1S/C16H23N3O2/c1-11-6-5-7-12(2)14(11)19-13(20)10-18-15(21)16(17)8-3-4-9-16/h5-7H,3-4,8-10,17H2,1-2H3,(H,18,21)(H,19,20). The molecule has 0 heterocycles. The van der Waals surface area contributed by atoms with Gasteiger partial charge in [0.2, 0.25) is 11.8 Å². The van der Waals surface area contributed by atoms with Crippen molar-refractivity contribution in [1.29, 1.82) is 0 Å². The highest BCUT2D eigenvalue weighted by Gasteiger charge is 2.36. The summed E-state index contributed by atoms with van der Waals surface area (Å²) in [7, 11) is 0. The van der Waals surface area contributed by atoms with Crippen LogP contribution in [0.5, 0.6) is 0 Å². The Bertz CT molecular complexity index is 528. The Morgan fingerprint density at radius 2 is 1.76 bits per heavy atom. The van der Waals surface area contributed by atoms with Crippen molar-refractivity contribution in [2.75, 3.05) is 11.9 Å². The maximum atomic E-state index is 12.0. The van der Waals surface area contributed by atoms with Gasteiger partial charge in [0.25, 0.3) is 0 Å². The Hall–Kier alpha value is -1.88. The molecule has 5 nitrogen and oxygen atoms in total. The number of hydrogen-bond donors (Lipinski definition) is 3. The molecule has 1 fully saturated rings. The van der Waals surface area contributed by atoms with E-state index in [9.17, 15) is 9.59 Å². The number of para-hydroxylation sites is 1. The van der Waals surface area contributed by atoms with E-state index in [0.29, 0.717) is 12.8 Å². The van der Waals surface area contributed by atoms with E-state index in [1.807, 2.05) is 32.0 Å². The number of aryl methyl sites for hydroxylation is 2. The number of carbonyl (C=O) groups is 2. The molecule has 0 unspecified atom stereocenters. The van der Waals surface area contributed by atoms with Crippen LogP contribution in [-0.4, -0.2) is 23.9 Å². The minimum atomic E-state index is -0.793. The number of hydrogen-bond acceptors (Lipinski definition) is 3. The minimum Gasteiger partial charge on any atom is -0.345 e. The molecule has 1 saturated carbocycles. The molecule has 0 saturated heterocycles. The lowest BCUT2D eigenvalue weighted by atomic mass is 9.98. The second-order valence-corrected chi connectivity index (χ2v) is 5.86. The van der Waals surface area contributed by atoms with E-state index in [1.54, 1.807) is 0 Å². The molecule has 0 aromatic heterocycles. The van der Waals surface area contributed by atoms with Gasteiger partial charge in [0.05, 0.1) is 12.1 Å². The van der Waals surface area contributed by atoms with Gasteiger partial charge in [-0.05, 0) is 37.8 Å². The van der Waals surface area contributed by atoms with Gasteiger partial charge in [-0.15, -0.1) is 0 Å². The third-order valence-electron chi connectivity index (χ3n) is 4.10. The second-order valence-electron chi connectivity index (χ2n) is 5.86. The molecule has 0 bridgehead atoms. The first-order valence-electron chi connectivity index (χ1n) is 7.36. The van der Waals surface area contributed by atoms with Crippen molar-refractivity contribution in [2.45, 2.75) is 45.1 Å². The first-order chi connectivity index (χ1) is 9.92. The molecule has 1 aromatic carbocycles. The van der Waals surface area contributed by atoms with Crippen molar-refractivity contribution < 1.29 is 9.59 Å². The number of nitrogens with one attached hydrogen (secondary N) is 2. The quantitative estimate of drug-likeness (QED) is 0.787. The highest BCUT2D eigenvalue weighted by molar-refractivity contribution is 5.97. The first kappa shape index (κ1) is 15.5. The van der Waals surface area contributed by atoms with Crippen LogP contribution in [0.4, 0.5) is 5.69 Å². The van der Waals surface area contributed by atoms with Crippen LogP contribution in [-0.2, 0) is 9.59 Å². The average molecular weight is 289 g/mol. The van der Waals surface area contributed by atoms with Crippen molar-refractivity contribution in [3.8, 4) is 0 Å². The normalized spacial score (nSPS) is 16.5. The van der Waals surface area contributed by atoms with Gasteiger partial charge >= 0.3 is 0 Å². The maximum Gasteiger partial charge on any atom is 0.243 e. The van der Waals surface area contributed by atoms with Gasteiger partial charge in [-0.3, -0.25) is 9.59 Å². The predicted molar refractivity (Wildman–Crippen MR) is 82.9 cm³/mol. The van der Waals surface area contributed by atoms with Gasteiger partial charge in [-0.25, -0.2) is 0 Å². The predicted octanol–water partition coefficient (Wildman–Crippen LogP) is 1.63. The van der Waals surface area contributed by atoms with E-state index in [2.05, 4.69) is 10.6 Å². The topological polar surface area (TPSA) is 84.2 Å². The number of carbonyl (C=O) groups excluding carboxylic acids is 2. The van der Waals surface area contributed by atoms with E-state index < -0.39 is 5.54 Å². The van der Waals surface area contributed by atoms with Crippen molar-refractivity contribution in [1.82, 2.24) is 5.32 Å². The highest BCUT2D eigenvalue weighted by Crippen LogP contribution is 2.27. The van der Waals surface area contributed by atoms with Crippen molar-refractivity contribution in [3.05, 3.63) is 29.3 Å². The molecule has 2 amide bonds. The zero-order valence-corrected chi connectivity index (χ0v) is 12.7. The third kappa shape index (κ3) is 3.61. The fraction of sp³-hybridized carbons (Fsp3) is 0.500. The average Bonchev–Trinajstić information content (AvgIpc) is 2.88. The molecule has 21 heavy (non-hydrogen) atoms. The number of rotatable bonds is 4. The van der Waals surface area contributed by atoms with Crippen LogP contribution in [0, 0.1) is 13.8 Å². The Balaban J connectivity index is 1.89. The van der Waals surface area contributed by atoms with Crippen LogP contribution in [0.3, 0.4) is 0 Å². The molecule has 1 aliphatic carbocycles. The number of anilines is 1. The molecule has 1 aromatic rings. The van der Waals surface area contributed by atoms with Crippen LogP contribution >= 0.6 is 0 Å². The third-order valence-corrected chi connectivity index (χ3v) is 4.10. The summed E-state index contributed by atoms with van der Waals surface area (Å²) < 4.78 is 0. The molecule has 0 radical (unpaired) electrons. The number of benzene rings is 1. The molecule has 0 spiro atoms. The van der Waals surface area contributed by atoms with E-state index in [4.69, 9.17) is 5.73 Å². The summed E-state index contributed by atoms with van der Waals surface area (Å²) >= 11 is 0. The van der Waals surface area contributed by atoms with Crippen molar-refractivity contribution >= 4 is 17.5 Å². The molecular weight excluding hydrogens is 266 g/mol. The summed E-state index contributed by atoms with van der Waals surface area (Å²) in [4.78, 5) is 24.0. The molecule has 1 aliphatic rings. The van der Waals surface area contributed by atoms with Gasteiger partial charge < -0.3 is 16.4 Å². The molecule has 114 valence electrons. The summed E-state index contributed by atoms with van der Waals surface area (Å²) in [6.45, 7) is 3.83. The molecule has 0 aliphatic heterocycles. The van der Waals surface area contributed by atoms with Crippen LogP contribution < -0.4 is 16.4 Å². The lowest BCUT2D eigenvalue weighted by Gasteiger charge is -2.22. The summed E-state index contributed by atoms with van der Waals surface area (Å²) in [5.41, 5.74) is 8.06. The van der Waals surface area contributed by atoms with Gasteiger partial charge in [0, 0.05) is 5.69 Å².